The monoisotopic (exact) mass is 612 g/mol. The molecule has 0 aliphatic carbocycles. The fourth-order valence-corrected chi connectivity index (χ4v) is 7.05. The second kappa shape index (κ2) is 13.2. The van der Waals surface area contributed by atoms with Crippen LogP contribution in [0.5, 0.6) is 5.75 Å². The molecule has 1 unspecified atom stereocenters. The number of rotatable bonds is 7. The van der Waals surface area contributed by atoms with Gasteiger partial charge in [-0.2, -0.15) is 4.31 Å². The van der Waals surface area contributed by atoms with Gasteiger partial charge in [0.15, 0.2) is 0 Å². The van der Waals surface area contributed by atoms with Crippen LogP contribution < -0.4 is 4.74 Å². The molecule has 5 rings (SSSR count). The molecule has 0 bridgehead atoms. The Morgan fingerprint density at radius 2 is 1.90 bits per heavy atom. The number of carbonyl (C=O) groups is 1. The zero-order valence-corrected chi connectivity index (χ0v) is 26.4. The van der Waals surface area contributed by atoms with Crippen LogP contribution in [0.3, 0.4) is 0 Å². The van der Waals surface area contributed by atoms with Crippen LogP contribution in [0, 0.1) is 6.92 Å². The van der Waals surface area contributed by atoms with E-state index in [0.717, 1.165) is 27.8 Å². The van der Waals surface area contributed by atoms with Gasteiger partial charge in [-0.05, 0) is 61.2 Å². The highest BCUT2D eigenvalue weighted by Gasteiger charge is 2.34. The van der Waals surface area contributed by atoms with Gasteiger partial charge in [-0.15, -0.1) is 5.10 Å². The van der Waals surface area contributed by atoms with Crippen molar-refractivity contribution in [2.45, 2.75) is 64.5 Å². The zero-order chi connectivity index (χ0) is 30.6. The van der Waals surface area contributed by atoms with Crippen molar-refractivity contribution < 1.29 is 22.7 Å². The van der Waals surface area contributed by atoms with E-state index in [0.29, 0.717) is 16.3 Å². The molecule has 1 aromatic heterocycles. The average molecular weight is 613 g/mol. The van der Waals surface area contributed by atoms with E-state index in [1.165, 1.54) is 4.31 Å². The molecule has 11 heteroatoms. The van der Waals surface area contributed by atoms with Crippen LogP contribution in [-0.2, 0) is 33.1 Å². The molecule has 9 nitrogen and oxygen atoms in total. The second-order valence-corrected chi connectivity index (χ2v) is 12.3. The van der Waals surface area contributed by atoms with E-state index in [1.54, 1.807) is 42.9 Å². The second-order valence-electron chi connectivity index (χ2n) is 9.97. The molecule has 0 radical (unpaired) electrons. The van der Waals surface area contributed by atoms with Crippen molar-refractivity contribution in [2.24, 2.45) is 7.05 Å². The van der Waals surface area contributed by atoms with Crippen molar-refractivity contribution in [1.82, 2.24) is 19.3 Å². The number of nitrogens with zero attached hydrogens (tertiary/aromatic N) is 4. The molecule has 0 N–H and O–H groups in total. The van der Waals surface area contributed by atoms with Crippen LogP contribution in [0.4, 0.5) is 0 Å². The third kappa shape index (κ3) is 6.30. The minimum atomic E-state index is -3.81. The van der Waals surface area contributed by atoms with Crippen molar-refractivity contribution >= 4 is 38.6 Å². The van der Waals surface area contributed by atoms with Gasteiger partial charge in [-0.3, -0.25) is 4.79 Å². The van der Waals surface area contributed by atoms with Crippen LogP contribution in [0.25, 0.3) is 11.0 Å². The summed E-state index contributed by atoms with van der Waals surface area (Å²) in [5.74, 6) is -0.449. The molecule has 3 aromatic carbocycles. The van der Waals surface area contributed by atoms with Gasteiger partial charge in [0.1, 0.15) is 22.3 Å². The quantitative estimate of drug-likeness (QED) is 0.235. The Labute approximate surface area is 252 Å². The predicted octanol–water partition coefficient (Wildman–Crippen LogP) is 6.01. The van der Waals surface area contributed by atoms with Gasteiger partial charge in [-0.1, -0.05) is 67.1 Å². The number of halogens is 1. The Bertz CT molecular complexity index is 1690. The number of aromatic nitrogens is 3. The molecule has 0 amide bonds. The largest absolute Gasteiger partial charge is 0.488 e. The Hall–Kier alpha value is -3.47. The molecule has 42 heavy (non-hydrogen) atoms. The summed E-state index contributed by atoms with van der Waals surface area (Å²) >= 11 is 6.84. The van der Waals surface area contributed by atoms with Gasteiger partial charge in [0, 0.05) is 19.5 Å². The fourth-order valence-electron chi connectivity index (χ4n) is 5.11. The van der Waals surface area contributed by atoms with E-state index in [9.17, 15) is 13.2 Å². The standard InChI is InChI=1S/C29H31ClN4O5S.C2H6/c1-5-38-27(35)15-23(22-12-13-24-29(28(22)30)31-32-33(24)4)20-11-10-18(2)21(14-20)17-34-16-19(3)39-25-8-6-7-9-26(25)40(34,36)37;1-2/h6-14,19,23H,5,15-17H2,1-4H3;1-2H3/t19-,23?;/m1./s1. The first-order chi connectivity index (χ1) is 20.1. The third-order valence-corrected chi connectivity index (χ3v) is 9.43. The fraction of sp³-hybridized carbons (Fsp3) is 0.387. The van der Waals surface area contributed by atoms with Crippen molar-refractivity contribution in [3.63, 3.8) is 0 Å². The van der Waals surface area contributed by atoms with E-state index < -0.39 is 15.9 Å². The van der Waals surface area contributed by atoms with Gasteiger partial charge in [-0.25, -0.2) is 13.1 Å². The molecule has 224 valence electrons. The Morgan fingerprint density at radius 3 is 2.64 bits per heavy atom. The summed E-state index contributed by atoms with van der Waals surface area (Å²) in [5, 5.41) is 8.70. The van der Waals surface area contributed by atoms with E-state index in [-0.39, 0.29) is 43.1 Å². The summed E-state index contributed by atoms with van der Waals surface area (Å²) in [6.45, 7) is 10.2. The summed E-state index contributed by atoms with van der Waals surface area (Å²) in [5.41, 5.74) is 4.60. The number of carbonyl (C=O) groups excluding carboxylic acids is 1. The van der Waals surface area contributed by atoms with Crippen LogP contribution >= 0.6 is 11.6 Å². The maximum atomic E-state index is 13.7. The highest BCUT2D eigenvalue weighted by molar-refractivity contribution is 7.89. The molecule has 0 saturated heterocycles. The molecular formula is C31H37ClN4O5S. The number of hydrogen-bond donors (Lipinski definition) is 0. The van der Waals surface area contributed by atoms with E-state index in [4.69, 9.17) is 21.1 Å². The molecule has 2 heterocycles. The summed E-state index contributed by atoms with van der Waals surface area (Å²) in [6.07, 6.45) is -0.279. The highest BCUT2D eigenvalue weighted by atomic mass is 35.5. The highest BCUT2D eigenvalue weighted by Crippen LogP contribution is 2.38. The first-order valence-corrected chi connectivity index (χ1v) is 15.9. The van der Waals surface area contributed by atoms with Gasteiger partial charge in [0.05, 0.1) is 30.1 Å². The number of para-hydroxylation sites is 1. The first-order valence-electron chi connectivity index (χ1n) is 14.1. The number of ether oxygens (including phenoxy) is 2. The van der Waals surface area contributed by atoms with Gasteiger partial charge in [0.2, 0.25) is 10.0 Å². The van der Waals surface area contributed by atoms with Crippen LogP contribution in [0.15, 0.2) is 59.5 Å². The number of aryl methyl sites for hydroxylation is 2. The topological polar surface area (TPSA) is 104 Å². The normalized spacial score (nSPS) is 16.9. The first kappa shape index (κ1) is 31.5. The number of fused-ring (bicyclic) bond motifs is 2. The van der Waals surface area contributed by atoms with Gasteiger partial charge in [0.25, 0.3) is 0 Å². The van der Waals surface area contributed by atoms with E-state index in [1.807, 2.05) is 58.0 Å². The predicted molar refractivity (Wildman–Crippen MR) is 163 cm³/mol. The lowest BCUT2D eigenvalue weighted by Crippen LogP contribution is -2.35. The van der Waals surface area contributed by atoms with Gasteiger partial charge >= 0.3 is 5.97 Å². The minimum Gasteiger partial charge on any atom is -0.488 e. The Kier molecular flexibility index (Phi) is 9.91. The lowest BCUT2D eigenvalue weighted by molar-refractivity contribution is -0.143. The summed E-state index contributed by atoms with van der Waals surface area (Å²) in [6, 6.07) is 16.3. The van der Waals surface area contributed by atoms with Crippen molar-refractivity contribution in [1.29, 1.82) is 0 Å². The lowest BCUT2D eigenvalue weighted by Gasteiger charge is -2.24. The Balaban J connectivity index is 0.00000198. The van der Waals surface area contributed by atoms with E-state index in [2.05, 4.69) is 10.3 Å². The van der Waals surface area contributed by atoms with Gasteiger partial charge < -0.3 is 9.47 Å². The van der Waals surface area contributed by atoms with Crippen molar-refractivity contribution in [2.75, 3.05) is 13.2 Å². The molecule has 0 fully saturated rings. The molecule has 1 aliphatic heterocycles. The van der Waals surface area contributed by atoms with Crippen molar-refractivity contribution in [3.05, 3.63) is 81.9 Å². The molecule has 4 aromatic rings. The van der Waals surface area contributed by atoms with Crippen LogP contribution in [0.1, 0.15) is 62.3 Å². The zero-order valence-electron chi connectivity index (χ0n) is 24.8. The van der Waals surface area contributed by atoms with Crippen LogP contribution in [-0.4, -0.2) is 52.9 Å². The Morgan fingerprint density at radius 1 is 1.17 bits per heavy atom. The van der Waals surface area contributed by atoms with E-state index >= 15 is 0 Å². The third-order valence-electron chi connectivity index (χ3n) is 7.18. The maximum absolute atomic E-state index is 13.7. The molecule has 0 saturated carbocycles. The van der Waals surface area contributed by atoms with Crippen LogP contribution in [0.2, 0.25) is 5.02 Å². The summed E-state index contributed by atoms with van der Waals surface area (Å²) < 4.78 is 41.6. The molecular weight excluding hydrogens is 576 g/mol. The number of esters is 1. The number of hydrogen-bond acceptors (Lipinski definition) is 7. The molecule has 1 aliphatic rings. The summed E-state index contributed by atoms with van der Waals surface area (Å²) in [4.78, 5) is 12.9. The lowest BCUT2D eigenvalue weighted by atomic mass is 9.86. The molecule has 2 atom stereocenters. The minimum absolute atomic E-state index is 0.0576. The maximum Gasteiger partial charge on any atom is 0.306 e. The SMILES string of the molecule is CC.CCOC(=O)CC(c1ccc(C)c(CN2C[C@@H](C)Oc3ccccc3S2(=O)=O)c1)c1ccc2c(nnn2C)c1Cl. The number of sulfonamides is 1. The average Bonchev–Trinajstić information content (AvgIpc) is 3.31. The van der Waals surface area contributed by atoms with Crippen molar-refractivity contribution in [3.8, 4) is 5.75 Å². The summed E-state index contributed by atoms with van der Waals surface area (Å²) in [7, 11) is -2.03. The molecule has 0 spiro atoms. The smallest absolute Gasteiger partial charge is 0.306 e. The number of benzene rings is 3.